The van der Waals surface area contributed by atoms with Crippen LogP contribution in [0.15, 0.2) is 48.5 Å². The molecule has 4 aliphatic rings. The van der Waals surface area contributed by atoms with Gasteiger partial charge in [-0.2, -0.15) is 5.06 Å². The highest BCUT2D eigenvalue weighted by atomic mass is 19.1. The van der Waals surface area contributed by atoms with E-state index in [4.69, 9.17) is 4.84 Å². The van der Waals surface area contributed by atoms with E-state index in [2.05, 4.69) is 76.0 Å². The fraction of sp³-hybridized carbons (Fsp3) is 0.675. The molecule has 1 heterocycles. The number of carbonyl (C=O) groups is 1. The van der Waals surface area contributed by atoms with Gasteiger partial charge in [0.05, 0.1) is 19.3 Å². The van der Waals surface area contributed by atoms with Gasteiger partial charge in [-0.25, -0.2) is 4.39 Å². The summed E-state index contributed by atoms with van der Waals surface area (Å²) in [6.07, 6.45) is 1.64. The number of aliphatic hydroxyl groups is 2. The first-order chi connectivity index (χ1) is 23.2. The van der Waals surface area contributed by atoms with E-state index < -0.39 is 24.2 Å². The molecule has 0 aromatic heterocycles. The molecule has 0 unspecified atom stereocenters. The molecule has 1 saturated heterocycles. The monoisotopic (exact) mass is 680 g/mol. The number of likely N-dealkylation sites (N-methyl/N-ethyl adjacent to an activating group) is 1. The molecule has 8 nitrogen and oxygen atoms in total. The molecular weight excluding hydrogens is 619 g/mol. The summed E-state index contributed by atoms with van der Waals surface area (Å²) >= 11 is 0. The van der Waals surface area contributed by atoms with Crippen molar-refractivity contribution in [2.45, 2.75) is 111 Å². The lowest BCUT2D eigenvalue weighted by Crippen LogP contribution is -2.62. The van der Waals surface area contributed by atoms with Gasteiger partial charge in [0.25, 0.3) is 0 Å². The zero-order valence-electron chi connectivity index (χ0n) is 31.0. The van der Waals surface area contributed by atoms with Gasteiger partial charge in [-0.1, -0.05) is 77.1 Å². The van der Waals surface area contributed by atoms with Gasteiger partial charge in [0.15, 0.2) is 0 Å². The third kappa shape index (κ3) is 8.57. The Balaban J connectivity index is 1.36. The first-order valence-corrected chi connectivity index (χ1v) is 18.4. The summed E-state index contributed by atoms with van der Waals surface area (Å²) < 4.78 is 14.9. The lowest BCUT2D eigenvalue weighted by molar-refractivity contribution is -0.183. The Labute approximate surface area is 294 Å². The minimum Gasteiger partial charge on any atom is -0.394 e. The van der Waals surface area contributed by atoms with E-state index in [0.717, 1.165) is 30.5 Å². The topological polar surface area (TPSA) is 88.5 Å². The van der Waals surface area contributed by atoms with Crippen LogP contribution in [-0.4, -0.2) is 88.6 Å². The lowest BCUT2D eigenvalue weighted by atomic mass is 9.45. The Morgan fingerprint density at radius 2 is 1.80 bits per heavy atom. The molecule has 3 aliphatic carbocycles. The van der Waals surface area contributed by atoms with Crippen molar-refractivity contribution in [3.05, 3.63) is 71.0 Å². The van der Waals surface area contributed by atoms with Crippen molar-refractivity contribution in [1.29, 1.82) is 0 Å². The second kappa shape index (κ2) is 15.9. The number of hydrogen-bond donors (Lipinski definition) is 3. The van der Waals surface area contributed by atoms with Crippen LogP contribution in [0.2, 0.25) is 0 Å². The highest BCUT2D eigenvalue weighted by Gasteiger charge is 2.57. The van der Waals surface area contributed by atoms with E-state index in [1.165, 1.54) is 12.5 Å². The zero-order chi connectivity index (χ0) is 35.6. The standard InChI is InChI=1S/C40H61FN4O4/c1-25(2)16-32(23-43(7)8)44(22-30-14-9-10-15-34(30)41)20-28-12-11-13-29(17-28)21-45-38(37(27(4)47)36(24-46)49-45)39(48)42-35-19-31-18-33(26(35)3)40(31,5)6/h9-15,17,25-27,31-33,35-38,46-47H,16,18-24H2,1-8H3,(H,42,48)/t26-,27-,31+,32-,33-,35-,36-,37+,38-/m0/s1. The van der Waals surface area contributed by atoms with Gasteiger partial charge < -0.3 is 20.4 Å². The average molecular weight is 681 g/mol. The number of carbonyl (C=O) groups excluding carboxylic acids is 1. The SMILES string of the molecule is CC(C)C[C@@H](CN(C)C)N(Cc1cccc(CN2O[C@@H](CO)[C@@H]([C@H](C)O)[C@H]2C(=O)N[C@H]2C[C@H]3C[C@@H]([C@@H]2C)C3(C)C)c1)Cc1ccccc1F. The van der Waals surface area contributed by atoms with E-state index in [-0.39, 0.29) is 30.4 Å². The normalized spacial score (nSPS) is 29.3. The molecule has 2 aromatic carbocycles. The molecule has 2 bridgehead atoms. The van der Waals surface area contributed by atoms with Crippen molar-refractivity contribution < 1.29 is 24.2 Å². The van der Waals surface area contributed by atoms with E-state index in [1.807, 2.05) is 24.3 Å². The Hall–Kier alpha value is -2.40. The number of rotatable bonds is 15. The van der Waals surface area contributed by atoms with Gasteiger partial charge >= 0.3 is 0 Å². The van der Waals surface area contributed by atoms with Crippen LogP contribution in [0, 0.1) is 40.8 Å². The molecule has 9 atom stereocenters. The van der Waals surface area contributed by atoms with Crippen molar-refractivity contribution in [3.63, 3.8) is 0 Å². The number of aliphatic hydroxyl groups excluding tert-OH is 2. The molecule has 49 heavy (non-hydrogen) atoms. The predicted molar refractivity (Wildman–Crippen MR) is 191 cm³/mol. The molecule has 4 fully saturated rings. The number of halogens is 1. The lowest BCUT2D eigenvalue weighted by Gasteiger charge is -2.62. The van der Waals surface area contributed by atoms with Crippen LogP contribution in [0.1, 0.15) is 77.5 Å². The van der Waals surface area contributed by atoms with Gasteiger partial charge in [0, 0.05) is 43.2 Å². The number of benzene rings is 2. The largest absolute Gasteiger partial charge is 0.394 e. The fourth-order valence-electron chi connectivity index (χ4n) is 9.19. The van der Waals surface area contributed by atoms with Gasteiger partial charge in [0.1, 0.15) is 18.0 Å². The summed E-state index contributed by atoms with van der Waals surface area (Å²) in [6.45, 7) is 15.1. The van der Waals surface area contributed by atoms with Crippen LogP contribution in [0.3, 0.4) is 0 Å². The van der Waals surface area contributed by atoms with Crippen molar-refractivity contribution >= 4 is 5.91 Å². The van der Waals surface area contributed by atoms with E-state index in [9.17, 15) is 19.4 Å². The van der Waals surface area contributed by atoms with Crippen LogP contribution in [0.25, 0.3) is 0 Å². The van der Waals surface area contributed by atoms with Crippen molar-refractivity contribution in [1.82, 2.24) is 20.2 Å². The Kier molecular flexibility index (Phi) is 12.3. The summed E-state index contributed by atoms with van der Waals surface area (Å²) in [4.78, 5) is 24.9. The number of amides is 1. The Morgan fingerprint density at radius 1 is 1.08 bits per heavy atom. The highest BCUT2D eigenvalue weighted by Crippen LogP contribution is 2.61. The minimum absolute atomic E-state index is 0.0821. The molecule has 0 spiro atoms. The first-order valence-electron chi connectivity index (χ1n) is 18.4. The van der Waals surface area contributed by atoms with E-state index >= 15 is 0 Å². The van der Waals surface area contributed by atoms with Crippen LogP contribution >= 0.6 is 0 Å². The molecule has 1 amide bonds. The molecular formula is C40H61FN4O4. The highest BCUT2D eigenvalue weighted by molar-refractivity contribution is 5.82. The average Bonchev–Trinajstić information content (AvgIpc) is 3.40. The molecule has 3 N–H and O–H groups in total. The summed E-state index contributed by atoms with van der Waals surface area (Å²) in [5, 5.41) is 26.2. The van der Waals surface area contributed by atoms with Gasteiger partial charge in [-0.05, 0) is 86.6 Å². The Morgan fingerprint density at radius 3 is 2.41 bits per heavy atom. The quantitative estimate of drug-likeness (QED) is 0.230. The van der Waals surface area contributed by atoms with Crippen LogP contribution in [0.5, 0.6) is 0 Å². The van der Waals surface area contributed by atoms with Crippen molar-refractivity contribution in [2.24, 2.45) is 35.0 Å². The van der Waals surface area contributed by atoms with Crippen LogP contribution < -0.4 is 5.32 Å². The number of fused-ring (bicyclic) bond motifs is 2. The molecule has 9 heteroatoms. The van der Waals surface area contributed by atoms with Gasteiger partial charge in [-0.15, -0.1) is 0 Å². The third-order valence-electron chi connectivity index (χ3n) is 11.9. The number of nitrogens with zero attached hydrogens (tertiary/aromatic N) is 3. The van der Waals surface area contributed by atoms with Crippen LogP contribution in [-0.2, 0) is 29.3 Å². The zero-order valence-corrected chi connectivity index (χ0v) is 31.0. The number of hydrogen-bond acceptors (Lipinski definition) is 7. The maximum absolute atomic E-state index is 14.9. The summed E-state index contributed by atoms with van der Waals surface area (Å²) in [7, 11) is 4.16. The smallest absolute Gasteiger partial charge is 0.240 e. The first kappa shape index (κ1) is 37.8. The number of hydroxylamine groups is 2. The summed E-state index contributed by atoms with van der Waals surface area (Å²) in [5.74, 6) is 1.12. The maximum Gasteiger partial charge on any atom is 0.240 e. The Bertz CT molecular complexity index is 1390. The molecule has 3 saturated carbocycles. The molecule has 2 aromatic rings. The molecule has 1 aliphatic heterocycles. The predicted octanol–water partition coefficient (Wildman–Crippen LogP) is 5.46. The summed E-state index contributed by atoms with van der Waals surface area (Å²) in [6, 6.07) is 14.8. The maximum atomic E-state index is 14.9. The third-order valence-corrected chi connectivity index (χ3v) is 11.9. The fourth-order valence-corrected chi connectivity index (χ4v) is 9.19. The van der Waals surface area contributed by atoms with Crippen molar-refractivity contribution in [2.75, 3.05) is 27.2 Å². The summed E-state index contributed by atoms with van der Waals surface area (Å²) in [5.41, 5.74) is 3.04. The van der Waals surface area contributed by atoms with Gasteiger partial charge in [-0.3, -0.25) is 14.5 Å². The van der Waals surface area contributed by atoms with Gasteiger partial charge in [0.2, 0.25) is 5.91 Å². The molecule has 272 valence electrons. The second-order valence-corrected chi connectivity index (χ2v) is 16.6. The van der Waals surface area contributed by atoms with E-state index in [1.54, 1.807) is 18.1 Å². The van der Waals surface area contributed by atoms with Crippen LogP contribution in [0.4, 0.5) is 4.39 Å². The molecule has 0 radical (unpaired) electrons. The minimum atomic E-state index is -0.845. The second-order valence-electron chi connectivity index (χ2n) is 16.6. The van der Waals surface area contributed by atoms with E-state index in [0.29, 0.717) is 54.3 Å². The molecule has 6 rings (SSSR count). The number of nitrogens with one attached hydrogen (secondary N) is 1. The van der Waals surface area contributed by atoms with Crippen molar-refractivity contribution in [3.8, 4) is 0 Å².